The van der Waals surface area contributed by atoms with Crippen molar-refractivity contribution in [2.75, 3.05) is 0 Å². The molecular weight excluding hydrogens is 249 g/mol. The van der Waals surface area contributed by atoms with Gasteiger partial charge in [-0.1, -0.05) is 0 Å². The summed E-state index contributed by atoms with van der Waals surface area (Å²) in [5.74, 6) is 0. The molecule has 72 valence electrons. The van der Waals surface area contributed by atoms with Crippen molar-refractivity contribution < 1.29 is 13.2 Å². The number of aromatic nitrogens is 1. The molecule has 0 radical (unpaired) electrons. The molecule has 0 aliphatic rings. The van der Waals surface area contributed by atoms with Gasteiger partial charge in [0.25, 0.3) is 0 Å². The fourth-order valence-corrected chi connectivity index (χ4v) is 1.28. The minimum absolute atomic E-state index is 0.199. The Kier molecular flexibility index (Phi) is 2.92. The van der Waals surface area contributed by atoms with Gasteiger partial charge in [0.1, 0.15) is 6.04 Å². The summed E-state index contributed by atoms with van der Waals surface area (Å²) in [5.41, 5.74) is 4.76. The van der Waals surface area contributed by atoms with Gasteiger partial charge in [0.2, 0.25) is 0 Å². The van der Waals surface area contributed by atoms with E-state index in [0.29, 0.717) is 0 Å². The minimum Gasteiger partial charge on any atom is -0.315 e. The van der Waals surface area contributed by atoms with Crippen molar-refractivity contribution in [3.63, 3.8) is 0 Å². The van der Waals surface area contributed by atoms with Gasteiger partial charge in [0.15, 0.2) is 0 Å². The molecule has 2 nitrogen and oxygen atoms in total. The fraction of sp³-hybridized carbons (Fsp3) is 0.286. The van der Waals surface area contributed by atoms with Crippen LogP contribution in [0.3, 0.4) is 0 Å². The molecule has 6 heteroatoms. The SMILES string of the molecule is N[C@@H](c1ncccc1Br)C(F)(F)F. The van der Waals surface area contributed by atoms with Crippen molar-refractivity contribution in [2.24, 2.45) is 5.73 Å². The summed E-state index contributed by atoms with van der Waals surface area (Å²) in [7, 11) is 0. The number of hydrogen-bond donors (Lipinski definition) is 1. The summed E-state index contributed by atoms with van der Waals surface area (Å²) in [6.07, 6.45) is -3.19. The summed E-state index contributed by atoms with van der Waals surface area (Å²) in [6.45, 7) is 0. The number of pyridine rings is 1. The Balaban J connectivity index is 3.02. The molecule has 0 aliphatic heterocycles. The second kappa shape index (κ2) is 3.63. The summed E-state index contributed by atoms with van der Waals surface area (Å²) < 4.78 is 36.7. The van der Waals surface area contributed by atoms with Gasteiger partial charge in [-0.3, -0.25) is 4.98 Å². The van der Waals surface area contributed by atoms with E-state index >= 15 is 0 Å². The molecule has 0 bridgehead atoms. The maximum Gasteiger partial charge on any atom is 0.409 e. The van der Waals surface area contributed by atoms with Crippen LogP contribution in [0.25, 0.3) is 0 Å². The number of nitrogens with zero attached hydrogens (tertiary/aromatic N) is 1. The summed E-state index contributed by atoms with van der Waals surface area (Å²) >= 11 is 2.95. The fourth-order valence-electron chi connectivity index (χ4n) is 0.782. The van der Waals surface area contributed by atoms with Crippen molar-refractivity contribution in [2.45, 2.75) is 12.2 Å². The molecular formula is C7H6BrF3N2. The van der Waals surface area contributed by atoms with Crippen LogP contribution in [-0.2, 0) is 0 Å². The quantitative estimate of drug-likeness (QED) is 0.836. The van der Waals surface area contributed by atoms with E-state index in [9.17, 15) is 13.2 Å². The molecule has 1 heterocycles. The van der Waals surface area contributed by atoms with Crippen molar-refractivity contribution in [3.05, 3.63) is 28.5 Å². The maximum absolute atomic E-state index is 12.1. The van der Waals surface area contributed by atoms with Gasteiger partial charge in [-0.2, -0.15) is 13.2 Å². The number of rotatable bonds is 1. The zero-order valence-electron chi connectivity index (χ0n) is 6.35. The molecule has 1 atom stereocenters. The average molecular weight is 255 g/mol. The molecule has 0 aliphatic carbocycles. The van der Waals surface area contributed by atoms with Crippen molar-refractivity contribution in [3.8, 4) is 0 Å². The predicted octanol–water partition coefficient (Wildman–Crippen LogP) is 2.41. The number of hydrogen-bond acceptors (Lipinski definition) is 2. The lowest BCUT2D eigenvalue weighted by atomic mass is 10.2. The smallest absolute Gasteiger partial charge is 0.315 e. The predicted molar refractivity (Wildman–Crippen MR) is 44.9 cm³/mol. The number of alkyl halides is 3. The Morgan fingerprint density at radius 3 is 2.54 bits per heavy atom. The molecule has 1 aromatic heterocycles. The Morgan fingerprint density at radius 2 is 2.08 bits per heavy atom. The topological polar surface area (TPSA) is 38.9 Å². The normalized spacial score (nSPS) is 14.2. The van der Waals surface area contributed by atoms with Crippen LogP contribution in [0.5, 0.6) is 0 Å². The molecule has 0 amide bonds. The van der Waals surface area contributed by atoms with Crippen molar-refractivity contribution >= 4 is 15.9 Å². The van der Waals surface area contributed by atoms with Gasteiger partial charge in [-0.05, 0) is 28.1 Å². The van der Waals surface area contributed by atoms with Crippen LogP contribution in [0.15, 0.2) is 22.8 Å². The highest BCUT2D eigenvalue weighted by Crippen LogP contribution is 2.32. The van der Waals surface area contributed by atoms with Crippen molar-refractivity contribution in [1.29, 1.82) is 0 Å². The molecule has 1 rings (SSSR count). The third-order valence-electron chi connectivity index (χ3n) is 1.43. The first-order valence-corrected chi connectivity index (χ1v) is 4.15. The molecule has 13 heavy (non-hydrogen) atoms. The van der Waals surface area contributed by atoms with Crippen LogP contribution in [0.1, 0.15) is 11.7 Å². The second-order valence-electron chi connectivity index (χ2n) is 2.39. The van der Waals surface area contributed by atoms with Crippen LogP contribution in [0.2, 0.25) is 0 Å². The Hall–Kier alpha value is -0.620. The van der Waals surface area contributed by atoms with Crippen LogP contribution in [0, 0.1) is 0 Å². The monoisotopic (exact) mass is 254 g/mol. The van der Waals surface area contributed by atoms with E-state index in [1.807, 2.05) is 0 Å². The minimum atomic E-state index is -4.46. The van der Waals surface area contributed by atoms with E-state index in [1.54, 1.807) is 0 Å². The van der Waals surface area contributed by atoms with Gasteiger partial charge in [0.05, 0.1) is 5.69 Å². The molecule has 1 aromatic rings. The lowest BCUT2D eigenvalue weighted by molar-refractivity contribution is -0.150. The van der Waals surface area contributed by atoms with Gasteiger partial charge in [-0.15, -0.1) is 0 Å². The van der Waals surface area contributed by atoms with E-state index in [1.165, 1.54) is 18.3 Å². The standard InChI is InChI=1S/C7H6BrF3N2/c8-4-2-1-3-13-5(4)6(12)7(9,10)11/h1-3,6H,12H2/t6-/m0/s1. The Labute approximate surface area is 81.1 Å². The van der Waals surface area contributed by atoms with Gasteiger partial charge in [-0.25, -0.2) is 0 Å². The van der Waals surface area contributed by atoms with Crippen LogP contribution in [-0.4, -0.2) is 11.2 Å². The molecule has 0 saturated carbocycles. The lowest BCUT2D eigenvalue weighted by Gasteiger charge is -2.15. The maximum atomic E-state index is 12.1. The summed E-state index contributed by atoms with van der Waals surface area (Å²) in [5, 5.41) is 0. The number of nitrogens with two attached hydrogens (primary N) is 1. The highest BCUT2D eigenvalue weighted by Gasteiger charge is 2.39. The Bertz CT molecular complexity index is 300. The third-order valence-corrected chi connectivity index (χ3v) is 2.10. The Morgan fingerprint density at radius 1 is 1.46 bits per heavy atom. The zero-order valence-corrected chi connectivity index (χ0v) is 7.93. The van der Waals surface area contributed by atoms with E-state index in [2.05, 4.69) is 20.9 Å². The van der Waals surface area contributed by atoms with Crippen LogP contribution in [0.4, 0.5) is 13.2 Å². The molecule has 0 spiro atoms. The first kappa shape index (κ1) is 10.5. The summed E-state index contributed by atoms with van der Waals surface area (Å²) in [6, 6.07) is 0.952. The van der Waals surface area contributed by atoms with Crippen molar-refractivity contribution in [1.82, 2.24) is 4.98 Å². The lowest BCUT2D eigenvalue weighted by Crippen LogP contribution is -2.29. The van der Waals surface area contributed by atoms with Crippen LogP contribution >= 0.6 is 15.9 Å². The zero-order chi connectivity index (χ0) is 10.1. The van der Waals surface area contributed by atoms with Gasteiger partial charge < -0.3 is 5.73 Å². The molecule has 2 N–H and O–H groups in total. The first-order valence-electron chi connectivity index (χ1n) is 3.35. The molecule has 0 saturated heterocycles. The molecule has 0 unspecified atom stereocenters. The van der Waals surface area contributed by atoms with Crippen LogP contribution < -0.4 is 5.73 Å². The van der Waals surface area contributed by atoms with E-state index in [4.69, 9.17) is 5.73 Å². The van der Waals surface area contributed by atoms with Gasteiger partial charge in [0, 0.05) is 10.7 Å². The largest absolute Gasteiger partial charge is 0.409 e. The molecule has 0 fully saturated rings. The number of halogens is 4. The van der Waals surface area contributed by atoms with E-state index in [-0.39, 0.29) is 10.2 Å². The third kappa shape index (κ3) is 2.41. The highest BCUT2D eigenvalue weighted by molar-refractivity contribution is 9.10. The first-order chi connectivity index (χ1) is 5.93. The van der Waals surface area contributed by atoms with E-state index in [0.717, 1.165) is 0 Å². The van der Waals surface area contributed by atoms with Gasteiger partial charge >= 0.3 is 6.18 Å². The molecule has 0 aromatic carbocycles. The highest BCUT2D eigenvalue weighted by atomic mass is 79.9. The second-order valence-corrected chi connectivity index (χ2v) is 3.24. The van der Waals surface area contributed by atoms with E-state index < -0.39 is 12.2 Å². The average Bonchev–Trinajstić information content (AvgIpc) is 2.02. The summed E-state index contributed by atoms with van der Waals surface area (Å²) in [4.78, 5) is 3.55.